The molecule has 0 heterocycles. The molecule has 0 amide bonds. The van der Waals surface area contributed by atoms with Gasteiger partial charge in [0, 0.05) is 0 Å². The van der Waals surface area contributed by atoms with E-state index in [-0.39, 0.29) is 44.8 Å². The Bertz CT molecular complexity index is 116. The van der Waals surface area contributed by atoms with Crippen LogP contribution in [0, 0.1) is 46.0 Å². The average Bonchev–Trinajstić information content (AvgIpc) is 1.54. The van der Waals surface area contributed by atoms with Gasteiger partial charge >= 0.3 is 44.8 Å². The van der Waals surface area contributed by atoms with Gasteiger partial charge < -0.3 is 46.0 Å². The van der Waals surface area contributed by atoms with Gasteiger partial charge in [-0.2, -0.15) is 0 Å². The second-order valence-corrected chi connectivity index (χ2v) is 0.671. The minimum absolute atomic E-state index is 0. The van der Waals surface area contributed by atoms with Crippen LogP contribution in [0.2, 0.25) is 0 Å². The third kappa shape index (κ3) is 1330. The van der Waals surface area contributed by atoms with Crippen LogP contribution in [-0.2, 0) is 44.8 Å². The smallest absolute Gasteiger partial charge is 0.356 e. The predicted octanol–water partition coefficient (Wildman–Crippen LogP) is -0.722. The SMILES string of the molecule is O=[N+]([O-])[O-].O=[N+]([O-])[O-].O=[N+]([O-])[O-].[Au+3].[Au+3]. The topological polar surface area (TPSA) is 199 Å². The molecule has 14 heteroatoms. The summed E-state index contributed by atoms with van der Waals surface area (Å²) in [6.45, 7) is 0. The van der Waals surface area contributed by atoms with Crippen molar-refractivity contribution in [1.29, 1.82) is 0 Å². The molecule has 0 saturated carbocycles. The van der Waals surface area contributed by atoms with Crippen molar-refractivity contribution in [3.8, 4) is 0 Å². The van der Waals surface area contributed by atoms with E-state index in [1.807, 2.05) is 0 Å². The fourth-order valence-electron chi connectivity index (χ4n) is 0. The minimum atomic E-state index is -1.75. The van der Waals surface area contributed by atoms with E-state index in [0.29, 0.717) is 0 Å². The summed E-state index contributed by atoms with van der Waals surface area (Å²) in [4.78, 5) is 24.8. The third-order valence-corrected chi connectivity index (χ3v) is 0. The summed E-state index contributed by atoms with van der Waals surface area (Å²) < 4.78 is 0. The van der Waals surface area contributed by atoms with Crippen molar-refractivity contribution in [2.45, 2.75) is 0 Å². The molecule has 0 aliphatic carbocycles. The molecule has 0 aliphatic heterocycles. The Morgan fingerprint density at radius 2 is 0.500 bits per heavy atom. The number of hydrogen-bond donors (Lipinski definition) is 0. The molecule has 0 aromatic carbocycles. The first-order valence-electron chi connectivity index (χ1n) is 1.64. The van der Waals surface area contributed by atoms with Gasteiger partial charge in [-0.05, 0) is 0 Å². The summed E-state index contributed by atoms with van der Waals surface area (Å²) in [5, 5.41) is 44.2. The van der Waals surface area contributed by atoms with Gasteiger partial charge in [0.05, 0.1) is 15.3 Å². The van der Waals surface area contributed by atoms with E-state index in [2.05, 4.69) is 0 Å². The van der Waals surface area contributed by atoms with E-state index in [4.69, 9.17) is 46.0 Å². The quantitative estimate of drug-likeness (QED) is 0.202. The van der Waals surface area contributed by atoms with E-state index in [1.165, 1.54) is 0 Å². The molecule has 0 aromatic heterocycles. The van der Waals surface area contributed by atoms with Crippen molar-refractivity contribution < 1.29 is 60.0 Å². The largest absolute Gasteiger partial charge is 3.00 e. The summed E-state index contributed by atoms with van der Waals surface area (Å²) in [5.74, 6) is 0. The standard InChI is InChI=1S/2Au.3NO3/c;;3*2-1(3)4/q2*+3;3*-1. The molecule has 0 atom stereocenters. The normalized spacial score (nSPS) is 5.14. The van der Waals surface area contributed by atoms with Gasteiger partial charge in [0.15, 0.2) is 0 Å². The van der Waals surface area contributed by atoms with Crippen LogP contribution in [0.5, 0.6) is 0 Å². The van der Waals surface area contributed by atoms with Crippen LogP contribution in [0.15, 0.2) is 0 Å². The van der Waals surface area contributed by atoms with Crippen LogP contribution >= 0.6 is 0 Å². The Kier molecular flexibility index (Phi) is 47.4. The second kappa shape index (κ2) is 22.7. The molecule has 0 N–H and O–H groups in total. The molecular formula is Au2N3O9+3. The van der Waals surface area contributed by atoms with E-state index < -0.39 is 15.3 Å². The predicted molar refractivity (Wildman–Crippen MR) is 31.1 cm³/mol. The van der Waals surface area contributed by atoms with Crippen molar-refractivity contribution in [3.05, 3.63) is 46.0 Å². The second-order valence-electron chi connectivity index (χ2n) is 0.671. The fraction of sp³-hybridized carbons (Fsp3) is 0. The molecule has 0 aromatic rings. The maximum absolute atomic E-state index is 8.25. The van der Waals surface area contributed by atoms with E-state index in [0.717, 1.165) is 0 Å². The molecule has 0 unspecified atom stereocenters. The first kappa shape index (κ1) is 29.2. The summed E-state index contributed by atoms with van der Waals surface area (Å²) in [7, 11) is 0. The van der Waals surface area contributed by atoms with Crippen molar-refractivity contribution in [3.63, 3.8) is 0 Å². The summed E-state index contributed by atoms with van der Waals surface area (Å²) in [6.07, 6.45) is 0. The zero-order valence-corrected chi connectivity index (χ0v) is 9.95. The molecule has 88 valence electrons. The van der Waals surface area contributed by atoms with Gasteiger partial charge in [0.2, 0.25) is 0 Å². The molecule has 12 nitrogen and oxygen atoms in total. The fourth-order valence-corrected chi connectivity index (χ4v) is 0. The van der Waals surface area contributed by atoms with Gasteiger partial charge in [-0.25, -0.2) is 0 Å². The Morgan fingerprint density at radius 3 is 0.500 bits per heavy atom. The van der Waals surface area contributed by atoms with Crippen molar-refractivity contribution >= 4 is 0 Å². The zero-order chi connectivity index (χ0) is 10.7. The number of rotatable bonds is 0. The van der Waals surface area contributed by atoms with Gasteiger partial charge in [0.1, 0.15) is 0 Å². The maximum atomic E-state index is 8.25. The molecule has 0 bridgehead atoms. The Morgan fingerprint density at radius 1 is 0.500 bits per heavy atom. The van der Waals surface area contributed by atoms with Gasteiger partial charge in [-0.3, -0.25) is 0 Å². The third-order valence-electron chi connectivity index (χ3n) is 0. The molecule has 0 fully saturated rings. The molecule has 0 radical (unpaired) electrons. The first-order chi connectivity index (χ1) is 5.20. The van der Waals surface area contributed by atoms with Crippen molar-refractivity contribution in [2.75, 3.05) is 0 Å². The van der Waals surface area contributed by atoms with Crippen LogP contribution in [0.25, 0.3) is 0 Å². The van der Waals surface area contributed by atoms with E-state index >= 15 is 0 Å². The van der Waals surface area contributed by atoms with Crippen molar-refractivity contribution in [2.24, 2.45) is 0 Å². The monoisotopic (exact) mass is 580 g/mol. The molecule has 14 heavy (non-hydrogen) atoms. The first-order valence-corrected chi connectivity index (χ1v) is 1.64. The Balaban J connectivity index is -0.0000000270. The van der Waals surface area contributed by atoms with Crippen LogP contribution in [0.3, 0.4) is 0 Å². The minimum Gasteiger partial charge on any atom is -0.356 e. The van der Waals surface area contributed by atoms with Crippen LogP contribution in [0.1, 0.15) is 0 Å². The number of hydrogen-bond acceptors (Lipinski definition) is 9. The van der Waals surface area contributed by atoms with Gasteiger partial charge in [-0.1, -0.05) is 0 Å². The summed E-state index contributed by atoms with van der Waals surface area (Å²) in [6, 6.07) is 0. The van der Waals surface area contributed by atoms with E-state index in [1.54, 1.807) is 0 Å². The molecule has 0 saturated heterocycles. The summed E-state index contributed by atoms with van der Waals surface area (Å²) >= 11 is 0. The Labute approximate surface area is 106 Å². The molecule has 0 rings (SSSR count). The Hall–Kier alpha value is -0.919. The van der Waals surface area contributed by atoms with Gasteiger partial charge in [-0.15, -0.1) is 0 Å². The van der Waals surface area contributed by atoms with E-state index in [9.17, 15) is 0 Å². The summed E-state index contributed by atoms with van der Waals surface area (Å²) in [5.41, 5.74) is 0. The van der Waals surface area contributed by atoms with Crippen LogP contribution in [0.4, 0.5) is 0 Å². The zero-order valence-electron chi connectivity index (χ0n) is 5.62. The molecular weight excluding hydrogens is 580 g/mol. The van der Waals surface area contributed by atoms with Crippen LogP contribution < -0.4 is 0 Å². The van der Waals surface area contributed by atoms with Crippen molar-refractivity contribution in [1.82, 2.24) is 0 Å². The molecule has 0 spiro atoms. The average molecular weight is 580 g/mol. The number of nitrogens with zero attached hydrogens (tertiary/aromatic N) is 3. The van der Waals surface area contributed by atoms with Crippen LogP contribution in [-0.4, -0.2) is 15.3 Å². The van der Waals surface area contributed by atoms with Gasteiger partial charge in [0.25, 0.3) is 0 Å². The maximum Gasteiger partial charge on any atom is 3.00 e. The molecule has 0 aliphatic rings.